The Morgan fingerprint density at radius 2 is 2.27 bits per heavy atom. The van der Waals surface area contributed by atoms with Crippen molar-refractivity contribution in [3.05, 3.63) is 12.5 Å². The molecule has 1 saturated heterocycles. The van der Waals surface area contributed by atoms with Crippen LogP contribution in [0, 0.1) is 0 Å². The van der Waals surface area contributed by atoms with E-state index < -0.39 is 24.5 Å². The Labute approximate surface area is 85.7 Å². The van der Waals surface area contributed by atoms with Crippen molar-refractivity contribution in [2.45, 2.75) is 24.5 Å². The zero-order valence-electron chi connectivity index (χ0n) is 7.87. The average molecular weight is 215 g/mol. The fourth-order valence-electron chi connectivity index (χ4n) is 1.51. The molecule has 0 amide bonds. The molecule has 1 fully saturated rings. The number of aliphatic hydroxyl groups is 3. The van der Waals surface area contributed by atoms with Gasteiger partial charge in [0.2, 0.25) is 0 Å². The maximum atomic E-state index is 9.57. The first-order valence-electron chi connectivity index (χ1n) is 4.59. The summed E-state index contributed by atoms with van der Waals surface area (Å²) >= 11 is 0. The molecule has 7 heteroatoms. The smallest absolute Gasteiger partial charge is 0.158 e. The van der Waals surface area contributed by atoms with Crippen LogP contribution in [0.25, 0.3) is 0 Å². The van der Waals surface area contributed by atoms with Crippen LogP contribution in [-0.2, 0) is 4.74 Å². The van der Waals surface area contributed by atoms with Crippen molar-refractivity contribution in [3.8, 4) is 0 Å². The summed E-state index contributed by atoms with van der Waals surface area (Å²) < 4.78 is 5.20. The normalized spacial score (nSPS) is 35.7. The highest BCUT2D eigenvalue weighted by atomic mass is 16.6. The molecule has 1 aliphatic heterocycles. The van der Waals surface area contributed by atoms with Crippen molar-refractivity contribution in [2.75, 3.05) is 11.9 Å². The summed E-state index contributed by atoms with van der Waals surface area (Å²) in [5.74, 6) is 0.574. The number of rotatable bonds is 3. The largest absolute Gasteiger partial charge is 0.394 e. The van der Waals surface area contributed by atoms with Crippen molar-refractivity contribution < 1.29 is 20.1 Å². The quantitative estimate of drug-likeness (QED) is 0.409. The van der Waals surface area contributed by atoms with Gasteiger partial charge in [0.15, 0.2) is 6.23 Å². The molecule has 1 aromatic rings. The van der Waals surface area contributed by atoms with E-state index in [2.05, 4.69) is 15.3 Å². The molecule has 0 bridgehead atoms. The van der Waals surface area contributed by atoms with Crippen molar-refractivity contribution in [2.24, 2.45) is 0 Å². The van der Waals surface area contributed by atoms with Crippen LogP contribution in [-0.4, -0.2) is 56.4 Å². The highest BCUT2D eigenvalue weighted by Crippen LogP contribution is 2.21. The Hall–Kier alpha value is -1.15. The molecule has 5 N–H and O–H groups in total. The minimum atomic E-state index is -1.09. The molecule has 0 spiro atoms. The highest BCUT2D eigenvalue weighted by molar-refractivity contribution is 5.32. The van der Waals surface area contributed by atoms with E-state index in [1.807, 2.05) is 0 Å². The molecule has 4 atom stereocenters. The van der Waals surface area contributed by atoms with E-state index in [-0.39, 0.29) is 6.61 Å². The van der Waals surface area contributed by atoms with Crippen LogP contribution in [0.3, 0.4) is 0 Å². The third-order valence-corrected chi connectivity index (χ3v) is 2.34. The molecule has 0 saturated carbocycles. The zero-order valence-corrected chi connectivity index (χ0v) is 7.87. The first kappa shape index (κ1) is 10.4. The van der Waals surface area contributed by atoms with Crippen LogP contribution < -0.4 is 5.32 Å². The third kappa shape index (κ3) is 1.95. The van der Waals surface area contributed by atoms with Crippen LogP contribution in [0.4, 0.5) is 5.82 Å². The molecule has 15 heavy (non-hydrogen) atoms. The van der Waals surface area contributed by atoms with Crippen LogP contribution in [0.15, 0.2) is 12.5 Å². The molecule has 0 aliphatic carbocycles. The number of H-pyrrole nitrogens is 1. The number of ether oxygens (including phenoxy) is 1. The van der Waals surface area contributed by atoms with Gasteiger partial charge in [-0.1, -0.05) is 0 Å². The SMILES string of the molecule is OC[C@H]1O[C@@H](Nc2cnc[nH]2)[C@H](O)[C@@H]1O. The summed E-state index contributed by atoms with van der Waals surface area (Å²) in [5.41, 5.74) is 0. The lowest BCUT2D eigenvalue weighted by Crippen LogP contribution is -2.36. The van der Waals surface area contributed by atoms with Gasteiger partial charge in [-0.05, 0) is 0 Å². The highest BCUT2D eigenvalue weighted by Gasteiger charge is 2.42. The van der Waals surface area contributed by atoms with Gasteiger partial charge in [-0.15, -0.1) is 0 Å². The number of nitrogens with one attached hydrogen (secondary N) is 2. The summed E-state index contributed by atoms with van der Waals surface area (Å²) in [4.78, 5) is 6.56. The van der Waals surface area contributed by atoms with E-state index in [4.69, 9.17) is 9.84 Å². The van der Waals surface area contributed by atoms with Crippen LogP contribution in [0.5, 0.6) is 0 Å². The fraction of sp³-hybridized carbons (Fsp3) is 0.625. The summed E-state index contributed by atoms with van der Waals surface area (Å²) in [6.45, 7) is -0.334. The third-order valence-electron chi connectivity index (χ3n) is 2.34. The minimum Gasteiger partial charge on any atom is -0.394 e. The second kappa shape index (κ2) is 4.15. The van der Waals surface area contributed by atoms with Crippen LogP contribution in [0.2, 0.25) is 0 Å². The number of aromatic nitrogens is 2. The lowest BCUT2D eigenvalue weighted by atomic mass is 10.1. The number of hydrogen-bond donors (Lipinski definition) is 5. The van der Waals surface area contributed by atoms with E-state index in [9.17, 15) is 10.2 Å². The maximum absolute atomic E-state index is 9.57. The van der Waals surface area contributed by atoms with Gasteiger partial charge in [-0.3, -0.25) is 0 Å². The van der Waals surface area contributed by atoms with Gasteiger partial charge in [-0.25, -0.2) is 4.98 Å². The Morgan fingerprint density at radius 3 is 2.80 bits per heavy atom. The predicted molar refractivity (Wildman–Crippen MR) is 50.0 cm³/mol. The van der Waals surface area contributed by atoms with Crippen molar-refractivity contribution in [1.82, 2.24) is 9.97 Å². The van der Waals surface area contributed by atoms with Gasteiger partial charge in [0.25, 0.3) is 0 Å². The van der Waals surface area contributed by atoms with Crippen molar-refractivity contribution in [1.29, 1.82) is 0 Å². The molecule has 2 rings (SSSR count). The maximum Gasteiger partial charge on any atom is 0.158 e. The topological polar surface area (TPSA) is 111 Å². The molecular formula is C8H13N3O4. The second-order valence-electron chi connectivity index (χ2n) is 3.37. The number of aliphatic hydroxyl groups excluding tert-OH is 3. The van der Waals surface area contributed by atoms with E-state index in [0.29, 0.717) is 5.82 Å². The molecule has 84 valence electrons. The Kier molecular flexibility index (Phi) is 2.87. The van der Waals surface area contributed by atoms with Gasteiger partial charge >= 0.3 is 0 Å². The van der Waals surface area contributed by atoms with Crippen molar-refractivity contribution >= 4 is 5.82 Å². The molecule has 2 heterocycles. The predicted octanol–water partition coefficient (Wildman–Crippen LogP) is -1.74. The number of imidazole rings is 1. The molecule has 1 aliphatic rings. The monoisotopic (exact) mass is 215 g/mol. The van der Waals surface area contributed by atoms with Crippen LogP contribution >= 0.6 is 0 Å². The van der Waals surface area contributed by atoms with Gasteiger partial charge < -0.3 is 30.4 Å². The number of nitrogens with zero attached hydrogens (tertiary/aromatic N) is 1. The van der Waals surface area contributed by atoms with Crippen LogP contribution in [0.1, 0.15) is 0 Å². The summed E-state index contributed by atoms with van der Waals surface area (Å²) in [6.07, 6.45) is -0.683. The Morgan fingerprint density at radius 1 is 1.47 bits per heavy atom. The molecule has 1 aromatic heterocycles. The van der Waals surface area contributed by atoms with E-state index in [0.717, 1.165) is 0 Å². The summed E-state index contributed by atoms with van der Waals surface area (Å²) in [5, 5.41) is 30.7. The average Bonchev–Trinajstić information content (AvgIpc) is 2.82. The van der Waals surface area contributed by atoms with Gasteiger partial charge in [0.05, 0.1) is 19.1 Å². The van der Waals surface area contributed by atoms with E-state index >= 15 is 0 Å². The van der Waals surface area contributed by atoms with Crippen molar-refractivity contribution in [3.63, 3.8) is 0 Å². The summed E-state index contributed by atoms with van der Waals surface area (Å²) in [7, 11) is 0. The van der Waals surface area contributed by atoms with E-state index in [1.54, 1.807) is 0 Å². The number of hydrogen-bond acceptors (Lipinski definition) is 6. The standard InChI is InChI=1S/C8H13N3O4/c12-2-4-6(13)7(14)8(15-4)11-5-1-9-3-10-5/h1,3-4,6-8,11-14H,2H2,(H,9,10)/t4-,6-,7-,8-/m1/s1. The molecule has 0 unspecified atom stereocenters. The lowest BCUT2D eigenvalue weighted by molar-refractivity contribution is -0.0153. The minimum absolute atomic E-state index is 0.334. The number of anilines is 1. The fourth-order valence-corrected chi connectivity index (χ4v) is 1.51. The zero-order chi connectivity index (χ0) is 10.8. The number of aromatic amines is 1. The second-order valence-corrected chi connectivity index (χ2v) is 3.37. The van der Waals surface area contributed by atoms with Gasteiger partial charge in [-0.2, -0.15) is 0 Å². The first-order valence-corrected chi connectivity index (χ1v) is 4.59. The first-order chi connectivity index (χ1) is 7.22. The molecule has 0 radical (unpaired) electrons. The molecule has 7 nitrogen and oxygen atoms in total. The Balaban J connectivity index is 1.99. The van der Waals surface area contributed by atoms with Gasteiger partial charge in [0, 0.05) is 0 Å². The Bertz CT molecular complexity index is 305. The lowest BCUT2D eigenvalue weighted by Gasteiger charge is -2.15. The molecule has 0 aromatic carbocycles. The van der Waals surface area contributed by atoms with Gasteiger partial charge in [0.1, 0.15) is 24.1 Å². The van der Waals surface area contributed by atoms with E-state index in [1.165, 1.54) is 12.5 Å². The summed E-state index contributed by atoms with van der Waals surface area (Å²) in [6, 6.07) is 0. The molecular weight excluding hydrogens is 202 g/mol.